The summed E-state index contributed by atoms with van der Waals surface area (Å²) in [7, 11) is 0. The normalized spacial score (nSPS) is 18.2. The van der Waals surface area contributed by atoms with Gasteiger partial charge in [0.05, 0.1) is 0 Å². The molecule has 1 aliphatic heterocycles. The first-order valence-corrected chi connectivity index (χ1v) is 5.99. The van der Waals surface area contributed by atoms with Crippen molar-refractivity contribution in [2.45, 2.75) is 19.4 Å². The first-order chi connectivity index (χ1) is 8.25. The van der Waals surface area contributed by atoms with Crippen molar-refractivity contribution in [1.29, 1.82) is 0 Å². The van der Waals surface area contributed by atoms with Crippen LogP contribution in [0.4, 0.5) is 11.5 Å². The zero-order chi connectivity index (χ0) is 11.8. The minimum absolute atomic E-state index is 0.291. The number of aromatic nitrogens is 2. The van der Waals surface area contributed by atoms with Crippen LogP contribution in [0.1, 0.15) is 12.5 Å². The molecule has 0 N–H and O–H groups in total. The SMILES string of the molecule is CC1Cc2ccccc2N1c1ccnc(Cl)n1. The lowest BCUT2D eigenvalue weighted by Crippen LogP contribution is -2.24. The van der Waals surface area contributed by atoms with Gasteiger partial charge in [-0.3, -0.25) is 0 Å². The Morgan fingerprint density at radius 1 is 1.29 bits per heavy atom. The quantitative estimate of drug-likeness (QED) is 0.723. The van der Waals surface area contributed by atoms with Gasteiger partial charge in [0.1, 0.15) is 5.82 Å². The average molecular weight is 246 g/mol. The Kier molecular flexibility index (Phi) is 2.48. The second-order valence-corrected chi connectivity index (χ2v) is 4.57. The largest absolute Gasteiger partial charge is 0.323 e. The standard InChI is InChI=1S/C13H12ClN3/c1-9-8-10-4-2-3-5-11(10)17(9)12-6-7-15-13(14)16-12/h2-7,9H,8H2,1H3. The highest BCUT2D eigenvalue weighted by Gasteiger charge is 2.27. The topological polar surface area (TPSA) is 29.0 Å². The molecule has 1 aromatic heterocycles. The average Bonchev–Trinajstić information content (AvgIpc) is 2.64. The summed E-state index contributed by atoms with van der Waals surface area (Å²) >= 11 is 5.85. The van der Waals surface area contributed by atoms with E-state index in [9.17, 15) is 0 Å². The number of hydrogen-bond donors (Lipinski definition) is 0. The van der Waals surface area contributed by atoms with Crippen LogP contribution < -0.4 is 4.90 Å². The number of rotatable bonds is 1. The van der Waals surface area contributed by atoms with Crippen LogP contribution in [0.25, 0.3) is 0 Å². The predicted octanol–water partition coefficient (Wildman–Crippen LogP) is 3.21. The van der Waals surface area contributed by atoms with Crippen molar-refractivity contribution in [3.8, 4) is 0 Å². The van der Waals surface area contributed by atoms with Crippen LogP contribution in [0.2, 0.25) is 5.28 Å². The summed E-state index contributed by atoms with van der Waals surface area (Å²) in [5, 5.41) is 0.291. The van der Waals surface area contributed by atoms with Gasteiger partial charge in [-0.1, -0.05) is 18.2 Å². The van der Waals surface area contributed by atoms with E-state index >= 15 is 0 Å². The van der Waals surface area contributed by atoms with Gasteiger partial charge in [-0.15, -0.1) is 0 Å². The molecule has 0 fully saturated rings. The van der Waals surface area contributed by atoms with Crippen molar-refractivity contribution in [2.75, 3.05) is 4.90 Å². The number of nitrogens with zero attached hydrogens (tertiary/aromatic N) is 3. The summed E-state index contributed by atoms with van der Waals surface area (Å²) in [6.45, 7) is 2.19. The molecule has 0 saturated carbocycles. The molecule has 86 valence electrons. The third-order valence-corrected chi connectivity index (χ3v) is 3.25. The molecule has 2 aromatic rings. The van der Waals surface area contributed by atoms with Gasteiger partial charge < -0.3 is 4.90 Å². The Morgan fingerprint density at radius 3 is 2.94 bits per heavy atom. The highest BCUT2D eigenvalue weighted by Crippen LogP contribution is 2.36. The first kappa shape index (κ1) is 10.5. The molecule has 3 rings (SSSR count). The number of anilines is 2. The van der Waals surface area contributed by atoms with Gasteiger partial charge >= 0.3 is 0 Å². The van der Waals surface area contributed by atoms with Crippen molar-refractivity contribution in [1.82, 2.24) is 9.97 Å². The van der Waals surface area contributed by atoms with Gasteiger partial charge in [-0.25, -0.2) is 9.97 Å². The second kappa shape index (κ2) is 4.00. The van der Waals surface area contributed by atoms with Crippen LogP contribution in [-0.4, -0.2) is 16.0 Å². The molecule has 0 bridgehead atoms. The van der Waals surface area contributed by atoms with E-state index in [1.54, 1.807) is 6.20 Å². The molecule has 0 radical (unpaired) electrons. The van der Waals surface area contributed by atoms with Crippen LogP contribution in [0, 0.1) is 0 Å². The van der Waals surface area contributed by atoms with Crippen LogP contribution >= 0.6 is 11.6 Å². The highest BCUT2D eigenvalue weighted by atomic mass is 35.5. The summed E-state index contributed by atoms with van der Waals surface area (Å²) in [5.74, 6) is 0.863. The van der Waals surface area contributed by atoms with Gasteiger partial charge in [-0.05, 0) is 42.6 Å². The number of fused-ring (bicyclic) bond motifs is 1. The summed E-state index contributed by atoms with van der Waals surface area (Å²) in [6.07, 6.45) is 2.73. The fraction of sp³-hybridized carbons (Fsp3) is 0.231. The Balaban J connectivity index is 2.09. The minimum Gasteiger partial charge on any atom is -0.323 e. The van der Waals surface area contributed by atoms with Crippen molar-refractivity contribution in [3.05, 3.63) is 47.4 Å². The molecule has 1 aromatic carbocycles. The lowest BCUT2D eigenvalue weighted by atomic mass is 10.1. The van der Waals surface area contributed by atoms with Crippen LogP contribution in [0.5, 0.6) is 0 Å². The molecule has 0 spiro atoms. The molecule has 0 amide bonds. The molecule has 1 aliphatic rings. The molecular formula is C13H12ClN3. The molecule has 3 nitrogen and oxygen atoms in total. The highest BCUT2D eigenvalue weighted by molar-refractivity contribution is 6.28. The molecule has 0 saturated heterocycles. The van der Waals surface area contributed by atoms with Gasteiger partial charge in [0.25, 0.3) is 0 Å². The molecule has 2 heterocycles. The predicted molar refractivity (Wildman–Crippen MR) is 68.8 cm³/mol. The zero-order valence-corrected chi connectivity index (χ0v) is 10.2. The van der Waals surface area contributed by atoms with E-state index in [1.165, 1.54) is 11.3 Å². The second-order valence-electron chi connectivity index (χ2n) is 4.24. The Labute approximate surface area is 105 Å². The fourth-order valence-electron chi connectivity index (χ4n) is 2.37. The zero-order valence-electron chi connectivity index (χ0n) is 9.47. The summed E-state index contributed by atoms with van der Waals surface area (Å²) < 4.78 is 0. The van der Waals surface area contributed by atoms with Crippen LogP contribution in [0.3, 0.4) is 0 Å². The molecule has 1 unspecified atom stereocenters. The minimum atomic E-state index is 0.291. The Hall–Kier alpha value is -1.61. The molecule has 17 heavy (non-hydrogen) atoms. The number of halogens is 1. The Bertz CT molecular complexity index is 556. The van der Waals surface area contributed by atoms with Crippen molar-refractivity contribution >= 4 is 23.1 Å². The van der Waals surface area contributed by atoms with E-state index < -0.39 is 0 Å². The number of para-hydroxylation sites is 1. The van der Waals surface area contributed by atoms with Gasteiger partial charge in [0, 0.05) is 17.9 Å². The molecule has 0 aliphatic carbocycles. The summed E-state index contributed by atoms with van der Waals surface area (Å²) in [4.78, 5) is 10.4. The van der Waals surface area contributed by atoms with E-state index in [1.807, 2.05) is 12.1 Å². The van der Waals surface area contributed by atoms with Crippen molar-refractivity contribution in [2.24, 2.45) is 0 Å². The van der Waals surface area contributed by atoms with E-state index in [-0.39, 0.29) is 0 Å². The molecule has 4 heteroatoms. The maximum atomic E-state index is 5.85. The lowest BCUT2D eigenvalue weighted by Gasteiger charge is -2.23. The number of hydrogen-bond acceptors (Lipinski definition) is 3. The van der Waals surface area contributed by atoms with Crippen molar-refractivity contribution in [3.63, 3.8) is 0 Å². The van der Waals surface area contributed by atoms with E-state index in [2.05, 4.69) is 40.0 Å². The maximum Gasteiger partial charge on any atom is 0.224 e. The number of benzene rings is 1. The third kappa shape index (κ3) is 1.76. The van der Waals surface area contributed by atoms with Crippen LogP contribution in [0.15, 0.2) is 36.5 Å². The van der Waals surface area contributed by atoms with Crippen LogP contribution in [-0.2, 0) is 6.42 Å². The monoisotopic (exact) mass is 245 g/mol. The van der Waals surface area contributed by atoms with E-state index in [4.69, 9.17) is 11.6 Å². The smallest absolute Gasteiger partial charge is 0.224 e. The Morgan fingerprint density at radius 2 is 2.12 bits per heavy atom. The van der Waals surface area contributed by atoms with Gasteiger partial charge in [0.15, 0.2) is 0 Å². The maximum absolute atomic E-state index is 5.85. The lowest BCUT2D eigenvalue weighted by molar-refractivity contribution is 0.749. The van der Waals surface area contributed by atoms with Gasteiger partial charge in [-0.2, -0.15) is 0 Å². The third-order valence-electron chi connectivity index (χ3n) is 3.07. The van der Waals surface area contributed by atoms with E-state index in [0.29, 0.717) is 11.3 Å². The van der Waals surface area contributed by atoms with Gasteiger partial charge in [0.2, 0.25) is 5.28 Å². The first-order valence-electron chi connectivity index (χ1n) is 5.61. The summed E-state index contributed by atoms with van der Waals surface area (Å²) in [6, 6.07) is 10.7. The fourth-order valence-corrected chi connectivity index (χ4v) is 2.52. The van der Waals surface area contributed by atoms with E-state index in [0.717, 1.165) is 12.2 Å². The molecular weight excluding hydrogens is 234 g/mol. The van der Waals surface area contributed by atoms with Crippen molar-refractivity contribution < 1.29 is 0 Å². The molecule has 1 atom stereocenters. The summed E-state index contributed by atoms with van der Waals surface area (Å²) in [5.41, 5.74) is 2.57.